The van der Waals surface area contributed by atoms with Gasteiger partial charge in [0.1, 0.15) is 0 Å². The van der Waals surface area contributed by atoms with E-state index in [1.807, 2.05) is 13.8 Å². The van der Waals surface area contributed by atoms with Gasteiger partial charge in [0.15, 0.2) is 5.76 Å². The zero-order chi connectivity index (χ0) is 13.3. The molecule has 0 spiro atoms. The van der Waals surface area contributed by atoms with Crippen LogP contribution in [0.4, 0.5) is 0 Å². The predicted octanol–water partition coefficient (Wildman–Crippen LogP) is 1.23. The van der Waals surface area contributed by atoms with Gasteiger partial charge in [-0.1, -0.05) is 0 Å². The third kappa shape index (κ3) is 2.24. The summed E-state index contributed by atoms with van der Waals surface area (Å²) in [7, 11) is 0. The van der Waals surface area contributed by atoms with E-state index in [0.29, 0.717) is 19.8 Å². The number of amides is 1. The Hall–Kier alpha value is -1.82. The largest absolute Gasteiger partial charge is 0.475 e. The van der Waals surface area contributed by atoms with Crippen molar-refractivity contribution in [3.8, 4) is 0 Å². The highest BCUT2D eigenvalue weighted by molar-refractivity contribution is 5.94. The van der Waals surface area contributed by atoms with Crippen molar-refractivity contribution in [2.45, 2.75) is 19.4 Å². The maximum atomic E-state index is 12.2. The van der Waals surface area contributed by atoms with E-state index in [9.17, 15) is 9.59 Å². The molecule has 1 N–H and O–H groups in total. The molecule has 1 saturated heterocycles. The summed E-state index contributed by atoms with van der Waals surface area (Å²) >= 11 is 0. The Morgan fingerprint density at radius 1 is 1.33 bits per heavy atom. The number of furan rings is 1. The van der Waals surface area contributed by atoms with Crippen molar-refractivity contribution in [2.75, 3.05) is 19.8 Å². The molecule has 1 aliphatic heterocycles. The maximum absolute atomic E-state index is 12.2. The lowest BCUT2D eigenvalue weighted by atomic mass is 10.0. The Kier molecular flexibility index (Phi) is 3.13. The number of carboxylic acid groups (broad SMARTS) is 1. The summed E-state index contributed by atoms with van der Waals surface area (Å²) in [6, 6.07) is 2.67. The zero-order valence-electron chi connectivity index (χ0n) is 10.3. The summed E-state index contributed by atoms with van der Waals surface area (Å²) in [5.74, 6) is -1.68. The summed E-state index contributed by atoms with van der Waals surface area (Å²) in [6.45, 7) is 5.18. The van der Waals surface area contributed by atoms with Gasteiger partial charge in [-0.3, -0.25) is 4.79 Å². The van der Waals surface area contributed by atoms with Crippen LogP contribution in [0.5, 0.6) is 0 Å². The predicted molar refractivity (Wildman–Crippen MR) is 61.6 cm³/mol. The number of carbonyl (C=O) groups is 2. The third-order valence-electron chi connectivity index (χ3n) is 2.92. The Labute approximate surface area is 104 Å². The summed E-state index contributed by atoms with van der Waals surface area (Å²) in [5, 5.41) is 8.75. The molecule has 1 aliphatic rings. The monoisotopic (exact) mass is 253 g/mol. The molecular weight excluding hydrogens is 238 g/mol. The number of ether oxygens (including phenoxy) is 1. The van der Waals surface area contributed by atoms with Gasteiger partial charge in [0.25, 0.3) is 5.91 Å². The summed E-state index contributed by atoms with van der Waals surface area (Å²) < 4.78 is 10.3. The molecule has 6 heteroatoms. The minimum atomic E-state index is -1.18. The number of aromatic carboxylic acids is 1. The molecule has 1 aromatic rings. The van der Waals surface area contributed by atoms with E-state index >= 15 is 0 Å². The van der Waals surface area contributed by atoms with Crippen molar-refractivity contribution in [1.82, 2.24) is 4.90 Å². The molecule has 1 aromatic heterocycles. The van der Waals surface area contributed by atoms with Gasteiger partial charge in [-0.05, 0) is 26.0 Å². The molecule has 1 fully saturated rings. The number of rotatable bonds is 2. The van der Waals surface area contributed by atoms with Crippen LogP contribution >= 0.6 is 0 Å². The number of carbonyl (C=O) groups excluding carboxylic acids is 1. The van der Waals surface area contributed by atoms with E-state index < -0.39 is 11.5 Å². The summed E-state index contributed by atoms with van der Waals surface area (Å²) in [6.07, 6.45) is 0. The topological polar surface area (TPSA) is 80.0 Å². The molecule has 0 aromatic carbocycles. The van der Waals surface area contributed by atoms with E-state index in [1.54, 1.807) is 4.90 Å². The molecule has 0 atom stereocenters. The van der Waals surface area contributed by atoms with Crippen LogP contribution in [0.25, 0.3) is 0 Å². The van der Waals surface area contributed by atoms with E-state index in [1.165, 1.54) is 12.1 Å². The summed E-state index contributed by atoms with van der Waals surface area (Å²) in [5.41, 5.74) is -0.425. The van der Waals surface area contributed by atoms with Crippen LogP contribution in [0.2, 0.25) is 0 Å². The molecule has 2 rings (SSSR count). The zero-order valence-corrected chi connectivity index (χ0v) is 10.3. The number of carboxylic acids is 1. The molecule has 1 amide bonds. The van der Waals surface area contributed by atoms with Crippen LogP contribution in [0, 0.1) is 0 Å². The molecule has 18 heavy (non-hydrogen) atoms. The van der Waals surface area contributed by atoms with Gasteiger partial charge in [-0.15, -0.1) is 0 Å². The summed E-state index contributed by atoms with van der Waals surface area (Å²) in [4.78, 5) is 24.6. The standard InChI is InChI=1S/C12H15NO5/c1-12(2)7-17-6-5-13(12)10(14)8-3-4-9(18-8)11(15)16/h3-4H,5-7H2,1-2H3,(H,15,16). The molecule has 0 aliphatic carbocycles. The first-order chi connectivity index (χ1) is 8.42. The average Bonchev–Trinajstić information content (AvgIpc) is 2.77. The minimum Gasteiger partial charge on any atom is -0.475 e. The molecular formula is C12H15NO5. The molecule has 0 unspecified atom stereocenters. The van der Waals surface area contributed by atoms with Crippen molar-refractivity contribution in [3.63, 3.8) is 0 Å². The fourth-order valence-corrected chi connectivity index (χ4v) is 1.94. The molecule has 6 nitrogen and oxygen atoms in total. The number of hydrogen-bond donors (Lipinski definition) is 1. The van der Waals surface area contributed by atoms with Gasteiger partial charge in [0.2, 0.25) is 5.76 Å². The van der Waals surface area contributed by atoms with Crippen LogP contribution in [-0.4, -0.2) is 47.2 Å². The highest BCUT2D eigenvalue weighted by atomic mass is 16.5. The Morgan fingerprint density at radius 2 is 2.00 bits per heavy atom. The van der Waals surface area contributed by atoms with Crippen LogP contribution in [0.3, 0.4) is 0 Å². The first-order valence-corrected chi connectivity index (χ1v) is 5.65. The lowest BCUT2D eigenvalue weighted by Crippen LogP contribution is -2.55. The van der Waals surface area contributed by atoms with Gasteiger partial charge >= 0.3 is 5.97 Å². The Morgan fingerprint density at radius 3 is 2.56 bits per heavy atom. The Balaban J connectivity index is 2.21. The highest BCUT2D eigenvalue weighted by Gasteiger charge is 2.35. The van der Waals surface area contributed by atoms with Gasteiger partial charge in [-0.25, -0.2) is 4.79 Å². The lowest BCUT2D eigenvalue weighted by molar-refractivity contribution is -0.0383. The van der Waals surface area contributed by atoms with Crippen molar-refractivity contribution in [1.29, 1.82) is 0 Å². The van der Waals surface area contributed by atoms with Crippen LogP contribution in [0.15, 0.2) is 16.5 Å². The van der Waals surface area contributed by atoms with Gasteiger partial charge in [-0.2, -0.15) is 0 Å². The molecule has 98 valence electrons. The second-order valence-corrected chi connectivity index (χ2v) is 4.79. The average molecular weight is 253 g/mol. The lowest BCUT2D eigenvalue weighted by Gasteiger charge is -2.41. The molecule has 2 heterocycles. The van der Waals surface area contributed by atoms with E-state index in [4.69, 9.17) is 14.3 Å². The van der Waals surface area contributed by atoms with Crippen molar-refractivity contribution >= 4 is 11.9 Å². The maximum Gasteiger partial charge on any atom is 0.371 e. The van der Waals surface area contributed by atoms with Crippen molar-refractivity contribution in [3.05, 3.63) is 23.7 Å². The first-order valence-electron chi connectivity index (χ1n) is 5.65. The van der Waals surface area contributed by atoms with Gasteiger partial charge in [0, 0.05) is 6.54 Å². The van der Waals surface area contributed by atoms with Gasteiger partial charge < -0.3 is 19.2 Å². The fourth-order valence-electron chi connectivity index (χ4n) is 1.94. The second-order valence-electron chi connectivity index (χ2n) is 4.79. The molecule has 0 saturated carbocycles. The highest BCUT2D eigenvalue weighted by Crippen LogP contribution is 2.22. The number of hydrogen-bond acceptors (Lipinski definition) is 4. The smallest absolute Gasteiger partial charge is 0.371 e. The van der Waals surface area contributed by atoms with E-state index in [2.05, 4.69) is 0 Å². The normalized spacial score (nSPS) is 18.7. The first kappa shape index (κ1) is 12.6. The van der Waals surface area contributed by atoms with Crippen molar-refractivity contribution < 1.29 is 23.8 Å². The van der Waals surface area contributed by atoms with Crippen LogP contribution in [0.1, 0.15) is 35.0 Å². The SMILES string of the molecule is CC1(C)COCCN1C(=O)c1ccc(C(=O)O)o1. The van der Waals surface area contributed by atoms with E-state index in [-0.39, 0.29) is 17.4 Å². The number of nitrogens with zero attached hydrogens (tertiary/aromatic N) is 1. The minimum absolute atomic E-state index is 0.0439. The third-order valence-corrected chi connectivity index (χ3v) is 2.92. The van der Waals surface area contributed by atoms with E-state index in [0.717, 1.165) is 0 Å². The van der Waals surface area contributed by atoms with Crippen LogP contribution in [-0.2, 0) is 4.74 Å². The second kappa shape index (κ2) is 4.45. The Bertz CT molecular complexity index is 477. The molecule has 0 radical (unpaired) electrons. The number of morpholine rings is 1. The van der Waals surface area contributed by atoms with Crippen molar-refractivity contribution in [2.24, 2.45) is 0 Å². The van der Waals surface area contributed by atoms with Crippen LogP contribution < -0.4 is 0 Å². The van der Waals surface area contributed by atoms with Gasteiger partial charge in [0.05, 0.1) is 18.8 Å². The quantitative estimate of drug-likeness (QED) is 0.857. The molecule has 0 bridgehead atoms. The fraction of sp³-hybridized carbons (Fsp3) is 0.500.